The van der Waals surface area contributed by atoms with Gasteiger partial charge in [0.05, 0.1) is 12.1 Å². The van der Waals surface area contributed by atoms with Crippen LogP contribution in [0.1, 0.15) is 37.8 Å². The van der Waals surface area contributed by atoms with Crippen molar-refractivity contribution in [1.29, 1.82) is 0 Å². The highest BCUT2D eigenvalue weighted by molar-refractivity contribution is 5.72. The van der Waals surface area contributed by atoms with Crippen molar-refractivity contribution < 1.29 is 9.90 Å². The van der Waals surface area contributed by atoms with Crippen molar-refractivity contribution in [2.75, 3.05) is 5.32 Å². The maximum Gasteiger partial charge on any atom is 0.305 e. The number of carboxylic acids is 1. The maximum atomic E-state index is 11.1. The molecule has 1 fully saturated rings. The lowest BCUT2D eigenvalue weighted by Crippen LogP contribution is -2.38. The standard InChI is InChI=1S/C14H18N4O2/c1-10-8-11-13(15-6-7-18(11)17-10)16-14(9-12(19)20)4-2-3-5-14/h6-8H,2-5,9H2,1H3,(H,15,16)(H,19,20). The first-order chi connectivity index (χ1) is 9.58. The third-order valence-electron chi connectivity index (χ3n) is 3.95. The smallest absolute Gasteiger partial charge is 0.305 e. The summed E-state index contributed by atoms with van der Waals surface area (Å²) in [5.74, 6) is -0.0488. The van der Waals surface area contributed by atoms with Gasteiger partial charge in [-0.2, -0.15) is 5.10 Å². The molecular formula is C14H18N4O2. The number of hydrogen-bond acceptors (Lipinski definition) is 4. The summed E-state index contributed by atoms with van der Waals surface area (Å²) >= 11 is 0. The number of hydrogen-bond donors (Lipinski definition) is 2. The molecule has 1 aliphatic rings. The molecule has 1 aliphatic carbocycles. The second kappa shape index (κ2) is 4.77. The minimum absolute atomic E-state index is 0.128. The SMILES string of the molecule is Cc1cc2c(NC3(CC(=O)O)CCCC3)nccn2n1. The van der Waals surface area contributed by atoms with Gasteiger partial charge >= 0.3 is 5.97 Å². The number of rotatable bonds is 4. The third kappa shape index (κ3) is 2.33. The van der Waals surface area contributed by atoms with Gasteiger partial charge in [-0.15, -0.1) is 0 Å². The van der Waals surface area contributed by atoms with E-state index in [1.54, 1.807) is 16.9 Å². The Kier molecular flexibility index (Phi) is 3.08. The molecular weight excluding hydrogens is 256 g/mol. The molecule has 2 heterocycles. The molecule has 6 heteroatoms. The van der Waals surface area contributed by atoms with Crippen molar-refractivity contribution in [2.24, 2.45) is 0 Å². The largest absolute Gasteiger partial charge is 0.481 e. The predicted octanol–water partition coefficient (Wildman–Crippen LogP) is 2.24. The molecule has 3 rings (SSSR count). The van der Waals surface area contributed by atoms with E-state index in [1.807, 2.05) is 13.0 Å². The molecule has 2 N–H and O–H groups in total. The zero-order chi connectivity index (χ0) is 14.2. The summed E-state index contributed by atoms with van der Waals surface area (Å²) in [6.45, 7) is 1.93. The molecule has 0 spiro atoms. The summed E-state index contributed by atoms with van der Waals surface area (Å²) < 4.78 is 1.77. The molecule has 0 unspecified atom stereocenters. The van der Waals surface area contributed by atoms with E-state index in [4.69, 9.17) is 5.11 Å². The molecule has 0 amide bonds. The van der Waals surface area contributed by atoms with Gasteiger partial charge in [-0.3, -0.25) is 4.79 Å². The Bertz CT molecular complexity index is 644. The van der Waals surface area contributed by atoms with Crippen LogP contribution in [0.3, 0.4) is 0 Å². The normalized spacial score (nSPS) is 17.4. The summed E-state index contributed by atoms with van der Waals surface area (Å²) in [6.07, 6.45) is 7.47. The highest BCUT2D eigenvalue weighted by Crippen LogP contribution is 2.36. The van der Waals surface area contributed by atoms with Gasteiger partial charge in [0.15, 0.2) is 5.82 Å². The van der Waals surface area contributed by atoms with Crippen molar-refractivity contribution >= 4 is 17.3 Å². The Balaban J connectivity index is 1.96. The van der Waals surface area contributed by atoms with Gasteiger partial charge in [-0.1, -0.05) is 12.8 Å². The predicted molar refractivity (Wildman–Crippen MR) is 74.8 cm³/mol. The van der Waals surface area contributed by atoms with E-state index in [2.05, 4.69) is 15.4 Å². The first kappa shape index (κ1) is 12.9. The van der Waals surface area contributed by atoms with E-state index in [0.29, 0.717) is 0 Å². The van der Waals surface area contributed by atoms with Crippen LogP contribution in [0.5, 0.6) is 0 Å². The monoisotopic (exact) mass is 274 g/mol. The van der Waals surface area contributed by atoms with E-state index < -0.39 is 5.97 Å². The number of fused-ring (bicyclic) bond motifs is 1. The maximum absolute atomic E-state index is 11.1. The Morgan fingerprint density at radius 2 is 2.25 bits per heavy atom. The summed E-state index contributed by atoms with van der Waals surface area (Å²) in [5, 5.41) is 16.9. The zero-order valence-electron chi connectivity index (χ0n) is 11.5. The second-order valence-electron chi connectivity index (χ2n) is 5.57. The number of aryl methyl sites for hydroxylation is 1. The Hall–Kier alpha value is -2.11. The average molecular weight is 274 g/mol. The second-order valence-corrected chi connectivity index (χ2v) is 5.57. The highest BCUT2D eigenvalue weighted by atomic mass is 16.4. The summed E-state index contributed by atoms with van der Waals surface area (Å²) in [6, 6.07) is 1.96. The fraction of sp³-hybridized carbons (Fsp3) is 0.500. The van der Waals surface area contributed by atoms with Gasteiger partial charge < -0.3 is 10.4 Å². The third-order valence-corrected chi connectivity index (χ3v) is 3.95. The van der Waals surface area contributed by atoms with E-state index in [0.717, 1.165) is 42.7 Å². The first-order valence-electron chi connectivity index (χ1n) is 6.89. The van der Waals surface area contributed by atoms with Crippen molar-refractivity contribution in [3.63, 3.8) is 0 Å². The minimum Gasteiger partial charge on any atom is -0.481 e. The van der Waals surface area contributed by atoms with E-state index >= 15 is 0 Å². The molecule has 2 aromatic rings. The van der Waals surface area contributed by atoms with Gasteiger partial charge in [-0.25, -0.2) is 9.50 Å². The molecule has 2 aromatic heterocycles. The molecule has 20 heavy (non-hydrogen) atoms. The van der Waals surface area contributed by atoms with Crippen LogP contribution in [0.2, 0.25) is 0 Å². The van der Waals surface area contributed by atoms with Crippen molar-refractivity contribution in [1.82, 2.24) is 14.6 Å². The van der Waals surface area contributed by atoms with Crippen LogP contribution in [0.15, 0.2) is 18.5 Å². The molecule has 106 valence electrons. The minimum atomic E-state index is -0.768. The van der Waals surface area contributed by atoms with Gasteiger partial charge in [-0.05, 0) is 25.8 Å². The fourth-order valence-corrected chi connectivity index (χ4v) is 3.08. The first-order valence-corrected chi connectivity index (χ1v) is 6.89. The van der Waals surface area contributed by atoms with Crippen molar-refractivity contribution in [3.8, 4) is 0 Å². The van der Waals surface area contributed by atoms with E-state index in [-0.39, 0.29) is 12.0 Å². The van der Waals surface area contributed by atoms with Crippen LogP contribution >= 0.6 is 0 Å². The van der Waals surface area contributed by atoms with Crippen LogP contribution in [0.4, 0.5) is 5.82 Å². The number of aliphatic carboxylic acids is 1. The fourth-order valence-electron chi connectivity index (χ4n) is 3.08. The number of carboxylic acid groups (broad SMARTS) is 1. The van der Waals surface area contributed by atoms with Crippen LogP contribution in [0.25, 0.3) is 5.52 Å². The van der Waals surface area contributed by atoms with Crippen molar-refractivity contribution in [3.05, 3.63) is 24.2 Å². The number of nitrogens with zero attached hydrogens (tertiary/aromatic N) is 3. The molecule has 0 aliphatic heterocycles. The molecule has 6 nitrogen and oxygen atoms in total. The quantitative estimate of drug-likeness (QED) is 0.893. The number of aromatic nitrogens is 3. The molecule has 0 aromatic carbocycles. The van der Waals surface area contributed by atoms with Crippen molar-refractivity contribution in [2.45, 2.75) is 44.6 Å². The van der Waals surface area contributed by atoms with Gasteiger partial charge in [0.25, 0.3) is 0 Å². The Morgan fingerprint density at radius 1 is 1.50 bits per heavy atom. The summed E-state index contributed by atoms with van der Waals surface area (Å²) in [4.78, 5) is 15.5. The van der Waals surface area contributed by atoms with E-state index in [9.17, 15) is 4.79 Å². The van der Waals surface area contributed by atoms with E-state index in [1.165, 1.54) is 0 Å². The number of anilines is 1. The number of nitrogens with one attached hydrogen (secondary N) is 1. The average Bonchev–Trinajstić information content (AvgIpc) is 2.95. The molecule has 0 atom stereocenters. The molecule has 0 radical (unpaired) electrons. The van der Waals surface area contributed by atoms with Crippen LogP contribution < -0.4 is 5.32 Å². The lowest BCUT2D eigenvalue weighted by Gasteiger charge is -2.29. The zero-order valence-corrected chi connectivity index (χ0v) is 11.5. The molecule has 0 saturated heterocycles. The topological polar surface area (TPSA) is 79.5 Å². The number of carbonyl (C=O) groups is 1. The lowest BCUT2D eigenvalue weighted by atomic mass is 9.93. The van der Waals surface area contributed by atoms with Gasteiger partial charge in [0.2, 0.25) is 0 Å². The molecule has 1 saturated carbocycles. The molecule has 0 bridgehead atoms. The summed E-state index contributed by atoms with van der Waals surface area (Å²) in [5.41, 5.74) is 1.43. The summed E-state index contributed by atoms with van der Waals surface area (Å²) in [7, 11) is 0. The highest BCUT2D eigenvalue weighted by Gasteiger charge is 2.36. The lowest BCUT2D eigenvalue weighted by molar-refractivity contribution is -0.138. The van der Waals surface area contributed by atoms with Crippen LogP contribution in [-0.4, -0.2) is 31.2 Å². The van der Waals surface area contributed by atoms with Crippen LogP contribution in [0, 0.1) is 6.92 Å². The Labute approximate surface area is 116 Å². The van der Waals surface area contributed by atoms with Gasteiger partial charge in [0.1, 0.15) is 5.52 Å². The van der Waals surface area contributed by atoms with Gasteiger partial charge in [0, 0.05) is 17.9 Å². The Morgan fingerprint density at radius 3 is 2.95 bits per heavy atom. The van der Waals surface area contributed by atoms with Crippen LogP contribution in [-0.2, 0) is 4.79 Å².